The standard InChI is InChI=1S/C8H7F3N2S/c1-4-5(2)14-7-12-6(3-13(4)7)8(9,10)11/h3H,1-2H3. The van der Waals surface area contributed by atoms with E-state index in [2.05, 4.69) is 4.98 Å². The van der Waals surface area contributed by atoms with E-state index in [1.165, 1.54) is 15.7 Å². The molecule has 0 aliphatic carbocycles. The highest BCUT2D eigenvalue weighted by Gasteiger charge is 2.34. The van der Waals surface area contributed by atoms with Crippen LogP contribution in [0.25, 0.3) is 4.96 Å². The van der Waals surface area contributed by atoms with Gasteiger partial charge < -0.3 is 0 Å². The molecule has 0 unspecified atom stereocenters. The zero-order valence-electron chi connectivity index (χ0n) is 7.51. The first-order valence-electron chi connectivity index (χ1n) is 3.92. The van der Waals surface area contributed by atoms with Crippen LogP contribution in [-0.4, -0.2) is 9.38 Å². The van der Waals surface area contributed by atoms with Crippen LogP contribution in [0.1, 0.15) is 16.3 Å². The van der Waals surface area contributed by atoms with Gasteiger partial charge in [-0.3, -0.25) is 4.40 Å². The third-order valence-electron chi connectivity index (χ3n) is 2.08. The number of nitrogens with zero attached hydrogens (tertiary/aromatic N) is 2. The lowest BCUT2D eigenvalue weighted by molar-refractivity contribution is -0.140. The van der Waals surface area contributed by atoms with Crippen LogP contribution in [0.5, 0.6) is 0 Å². The molecule has 0 aliphatic rings. The number of alkyl halides is 3. The van der Waals surface area contributed by atoms with Crippen LogP contribution < -0.4 is 0 Å². The molecule has 0 fully saturated rings. The van der Waals surface area contributed by atoms with Crippen molar-refractivity contribution in [2.45, 2.75) is 20.0 Å². The van der Waals surface area contributed by atoms with E-state index in [0.717, 1.165) is 16.8 Å². The van der Waals surface area contributed by atoms with Gasteiger partial charge in [0.25, 0.3) is 0 Å². The van der Waals surface area contributed by atoms with Crippen molar-refractivity contribution in [2.24, 2.45) is 0 Å². The van der Waals surface area contributed by atoms with Gasteiger partial charge >= 0.3 is 6.18 Å². The van der Waals surface area contributed by atoms with Gasteiger partial charge in [0.1, 0.15) is 0 Å². The molecule has 0 radical (unpaired) electrons. The molecule has 0 saturated carbocycles. The topological polar surface area (TPSA) is 17.3 Å². The average Bonchev–Trinajstić information content (AvgIpc) is 2.54. The van der Waals surface area contributed by atoms with Crippen molar-refractivity contribution < 1.29 is 13.2 Å². The van der Waals surface area contributed by atoms with Crippen molar-refractivity contribution in [1.29, 1.82) is 0 Å². The predicted molar refractivity (Wildman–Crippen MR) is 47.5 cm³/mol. The van der Waals surface area contributed by atoms with Gasteiger partial charge in [-0.1, -0.05) is 0 Å². The van der Waals surface area contributed by atoms with E-state index in [1.54, 1.807) is 6.92 Å². The first-order chi connectivity index (χ1) is 6.39. The molecule has 0 saturated heterocycles. The largest absolute Gasteiger partial charge is 0.434 e. The van der Waals surface area contributed by atoms with Crippen LogP contribution in [-0.2, 0) is 6.18 Å². The summed E-state index contributed by atoms with van der Waals surface area (Å²) in [6.07, 6.45) is -3.32. The van der Waals surface area contributed by atoms with Gasteiger partial charge in [0.15, 0.2) is 10.7 Å². The van der Waals surface area contributed by atoms with Gasteiger partial charge in [0, 0.05) is 16.8 Å². The summed E-state index contributed by atoms with van der Waals surface area (Å²) in [5.41, 5.74) is -0.0140. The lowest BCUT2D eigenvalue weighted by Crippen LogP contribution is -2.04. The minimum atomic E-state index is -4.36. The molecule has 0 N–H and O–H groups in total. The van der Waals surface area contributed by atoms with E-state index in [1.807, 2.05) is 6.92 Å². The fraction of sp³-hybridized carbons (Fsp3) is 0.375. The van der Waals surface area contributed by atoms with E-state index in [9.17, 15) is 13.2 Å². The summed E-state index contributed by atoms with van der Waals surface area (Å²) in [4.78, 5) is 4.91. The van der Waals surface area contributed by atoms with Crippen molar-refractivity contribution in [3.63, 3.8) is 0 Å². The van der Waals surface area contributed by atoms with Crippen molar-refractivity contribution >= 4 is 16.3 Å². The highest BCUT2D eigenvalue weighted by molar-refractivity contribution is 7.17. The summed E-state index contributed by atoms with van der Waals surface area (Å²) in [6.45, 7) is 3.64. The smallest absolute Gasteiger partial charge is 0.294 e. The fourth-order valence-corrected chi connectivity index (χ4v) is 2.14. The molecule has 0 amide bonds. The molecule has 2 aromatic heterocycles. The number of imidazole rings is 1. The van der Waals surface area contributed by atoms with Crippen molar-refractivity contribution in [3.8, 4) is 0 Å². The molecule has 6 heteroatoms. The maximum Gasteiger partial charge on any atom is 0.434 e. The molecule has 2 nitrogen and oxygen atoms in total. The molecule has 76 valence electrons. The van der Waals surface area contributed by atoms with E-state index >= 15 is 0 Å². The number of hydrogen-bond donors (Lipinski definition) is 0. The molecule has 0 atom stereocenters. The first kappa shape index (κ1) is 9.51. The van der Waals surface area contributed by atoms with Crippen molar-refractivity contribution in [2.75, 3.05) is 0 Å². The minimum Gasteiger partial charge on any atom is -0.294 e. The van der Waals surface area contributed by atoms with E-state index in [4.69, 9.17) is 0 Å². The molecular weight excluding hydrogens is 213 g/mol. The van der Waals surface area contributed by atoms with E-state index < -0.39 is 11.9 Å². The fourth-order valence-electron chi connectivity index (χ4n) is 1.19. The Morgan fingerprint density at radius 3 is 2.50 bits per heavy atom. The molecule has 2 aromatic rings. The third kappa shape index (κ3) is 1.30. The minimum absolute atomic E-state index is 0.396. The number of thiazole rings is 1. The predicted octanol–water partition coefficient (Wildman–Crippen LogP) is 3.03. The van der Waals surface area contributed by atoms with Crippen LogP contribution in [0.15, 0.2) is 6.20 Å². The van der Waals surface area contributed by atoms with Crippen LogP contribution in [0, 0.1) is 13.8 Å². The summed E-state index contributed by atoms with van der Waals surface area (Å²) in [5, 5.41) is 0. The molecule has 14 heavy (non-hydrogen) atoms. The summed E-state index contributed by atoms with van der Waals surface area (Å²) in [6, 6.07) is 0. The zero-order chi connectivity index (χ0) is 10.5. The van der Waals surface area contributed by atoms with Crippen molar-refractivity contribution in [1.82, 2.24) is 9.38 Å². The highest BCUT2D eigenvalue weighted by Crippen LogP contribution is 2.31. The van der Waals surface area contributed by atoms with Crippen LogP contribution in [0.3, 0.4) is 0 Å². The Balaban J connectivity index is 2.65. The number of aromatic nitrogens is 2. The molecule has 2 rings (SSSR count). The lowest BCUT2D eigenvalue weighted by Gasteiger charge is -1.99. The number of rotatable bonds is 0. The van der Waals surface area contributed by atoms with Crippen LogP contribution >= 0.6 is 11.3 Å². The first-order valence-corrected chi connectivity index (χ1v) is 4.73. The summed E-state index contributed by atoms with van der Waals surface area (Å²) in [5.74, 6) is 0. The number of halogens is 3. The second kappa shape index (κ2) is 2.73. The maximum absolute atomic E-state index is 12.3. The molecule has 0 bridgehead atoms. The van der Waals surface area contributed by atoms with Gasteiger partial charge in [-0.2, -0.15) is 13.2 Å². The highest BCUT2D eigenvalue weighted by atomic mass is 32.1. The van der Waals surface area contributed by atoms with Crippen molar-refractivity contribution in [3.05, 3.63) is 22.5 Å². The zero-order valence-corrected chi connectivity index (χ0v) is 8.33. The average molecular weight is 220 g/mol. The molecule has 2 heterocycles. The van der Waals surface area contributed by atoms with Gasteiger partial charge in [-0.05, 0) is 13.8 Å². The number of hydrogen-bond acceptors (Lipinski definition) is 2. The summed E-state index contributed by atoms with van der Waals surface area (Å²) < 4.78 is 38.3. The van der Waals surface area contributed by atoms with E-state index in [-0.39, 0.29) is 0 Å². The molecule has 0 spiro atoms. The Kier molecular flexibility index (Phi) is 1.85. The Morgan fingerprint density at radius 1 is 1.36 bits per heavy atom. The Bertz CT molecular complexity index is 480. The second-order valence-electron chi connectivity index (χ2n) is 3.02. The second-order valence-corrected chi connectivity index (χ2v) is 4.20. The van der Waals surface area contributed by atoms with Gasteiger partial charge in [-0.25, -0.2) is 4.98 Å². The lowest BCUT2D eigenvalue weighted by atomic mass is 10.4. The monoisotopic (exact) mass is 220 g/mol. The van der Waals surface area contributed by atoms with Gasteiger partial charge in [0.2, 0.25) is 0 Å². The molecular formula is C8H7F3N2S. The Labute approximate surface area is 82.0 Å². The Morgan fingerprint density at radius 2 is 2.00 bits per heavy atom. The number of fused-ring (bicyclic) bond motifs is 1. The molecule has 0 aliphatic heterocycles. The SMILES string of the molecule is Cc1sc2nc(C(F)(F)F)cn2c1C. The van der Waals surface area contributed by atoms with Gasteiger partial charge in [-0.15, -0.1) is 11.3 Å². The van der Waals surface area contributed by atoms with Crippen LogP contribution in [0.2, 0.25) is 0 Å². The molecule has 0 aromatic carbocycles. The van der Waals surface area contributed by atoms with E-state index in [0.29, 0.717) is 4.96 Å². The summed E-state index contributed by atoms with van der Waals surface area (Å²) in [7, 11) is 0. The Hall–Kier alpha value is -1.04. The quantitative estimate of drug-likeness (QED) is 0.667. The summed E-state index contributed by atoms with van der Waals surface area (Å²) >= 11 is 1.27. The van der Waals surface area contributed by atoms with Gasteiger partial charge in [0.05, 0.1) is 0 Å². The maximum atomic E-state index is 12.3. The third-order valence-corrected chi connectivity index (χ3v) is 3.15. The number of aryl methyl sites for hydroxylation is 2. The van der Waals surface area contributed by atoms with Crippen LogP contribution in [0.4, 0.5) is 13.2 Å². The normalized spacial score (nSPS) is 12.6.